The monoisotopic (exact) mass is 458 g/mol. The zero-order valence-corrected chi connectivity index (χ0v) is 19.5. The summed E-state index contributed by atoms with van der Waals surface area (Å²) < 4.78 is 22.9. The van der Waals surface area contributed by atoms with E-state index in [1.54, 1.807) is 12.1 Å². The fourth-order valence-corrected chi connectivity index (χ4v) is 5.31. The highest BCUT2D eigenvalue weighted by molar-refractivity contribution is 8.00. The van der Waals surface area contributed by atoms with Crippen LogP contribution in [0.2, 0.25) is 0 Å². The molecule has 1 aliphatic carbocycles. The zero-order chi connectivity index (χ0) is 22.7. The summed E-state index contributed by atoms with van der Waals surface area (Å²) in [6.45, 7) is 8.04. The van der Waals surface area contributed by atoms with Gasteiger partial charge in [0, 0.05) is 10.8 Å². The van der Waals surface area contributed by atoms with Crippen LogP contribution in [0.15, 0.2) is 35.2 Å². The van der Waals surface area contributed by atoms with Crippen LogP contribution in [0.5, 0.6) is 5.75 Å². The smallest absolute Gasteiger partial charge is 0.341 e. The van der Waals surface area contributed by atoms with E-state index in [1.165, 1.54) is 18.0 Å². The summed E-state index contributed by atoms with van der Waals surface area (Å²) in [6, 6.07) is 8.60. The molecular formula is C25H31FN2O3S. The van der Waals surface area contributed by atoms with Crippen molar-refractivity contribution in [3.63, 3.8) is 0 Å². The first-order valence-corrected chi connectivity index (χ1v) is 12.3. The number of halogens is 1. The molecule has 172 valence electrons. The van der Waals surface area contributed by atoms with Gasteiger partial charge in [-0.05, 0) is 98.6 Å². The van der Waals surface area contributed by atoms with Crippen LogP contribution in [-0.4, -0.2) is 42.2 Å². The molecule has 0 saturated heterocycles. The number of hydrogen-bond acceptors (Lipinski definition) is 5. The lowest BCUT2D eigenvalue weighted by Gasteiger charge is -2.21. The number of ether oxygens (including phenoxy) is 1. The first kappa shape index (κ1) is 22.9. The minimum atomic E-state index is -1.00. The van der Waals surface area contributed by atoms with E-state index in [4.69, 9.17) is 4.74 Å². The number of hydrogen-bond donors (Lipinski definition) is 2. The number of nitrogens with one attached hydrogen (secondary N) is 1. The van der Waals surface area contributed by atoms with Gasteiger partial charge in [0.2, 0.25) is 0 Å². The van der Waals surface area contributed by atoms with Crippen molar-refractivity contribution in [3.8, 4) is 5.75 Å². The normalized spacial score (nSPS) is 18.6. The Balaban J connectivity index is 1.45. The van der Waals surface area contributed by atoms with Crippen molar-refractivity contribution < 1.29 is 19.0 Å². The van der Waals surface area contributed by atoms with Crippen LogP contribution in [0.1, 0.15) is 60.5 Å². The molecule has 2 aromatic carbocycles. The molecule has 2 N–H and O–H groups in total. The maximum Gasteiger partial charge on any atom is 0.341 e. The van der Waals surface area contributed by atoms with Gasteiger partial charge >= 0.3 is 5.97 Å². The number of unbranched alkanes of at least 4 members (excludes halogenated alkanes) is 1. The van der Waals surface area contributed by atoms with Gasteiger partial charge in [0.25, 0.3) is 0 Å². The molecule has 2 unspecified atom stereocenters. The van der Waals surface area contributed by atoms with E-state index < -0.39 is 5.97 Å². The molecule has 1 fully saturated rings. The van der Waals surface area contributed by atoms with E-state index in [2.05, 4.69) is 23.5 Å². The fraction of sp³-hybridized carbons (Fsp3) is 0.480. The van der Waals surface area contributed by atoms with Crippen molar-refractivity contribution >= 4 is 23.6 Å². The number of fused-ring (bicyclic) bond motifs is 3. The minimum Gasteiger partial charge on any atom is -0.492 e. The molecule has 0 bridgehead atoms. The Morgan fingerprint density at radius 1 is 1.25 bits per heavy atom. The van der Waals surface area contributed by atoms with Crippen molar-refractivity contribution in [1.82, 2.24) is 4.90 Å². The number of aromatic carboxylic acids is 1. The maximum atomic E-state index is 13.9. The van der Waals surface area contributed by atoms with Crippen molar-refractivity contribution in [3.05, 3.63) is 52.8 Å². The van der Waals surface area contributed by atoms with Crippen LogP contribution < -0.4 is 9.46 Å². The highest BCUT2D eigenvalue weighted by Crippen LogP contribution is 2.55. The van der Waals surface area contributed by atoms with E-state index in [9.17, 15) is 14.3 Å². The number of carboxylic acids is 1. The third-order valence-corrected chi connectivity index (χ3v) is 7.46. The Labute approximate surface area is 193 Å². The number of anilines is 1. The van der Waals surface area contributed by atoms with Crippen LogP contribution in [0.3, 0.4) is 0 Å². The molecule has 0 radical (unpaired) electrons. The molecule has 1 heterocycles. The third-order valence-electron chi connectivity index (χ3n) is 6.52. The summed E-state index contributed by atoms with van der Waals surface area (Å²) >= 11 is 1.33. The highest BCUT2D eigenvalue weighted by Gasteiger charge is 2.45. The van der Waals surface area contributed by atoms with Gasteiger partial charge in [0.05, 0.1) is 12.3 Å². The number of carboxylic acid groups (broad SMARTS) is 1. The molecule has 0 aromatic heterocycles. The average Bonchev–Trinajstić information content (AvgIpc) is 3.58. The maximum absolute atomic E-state index is 13.9. The summed E-state index contributed by atoms with van der Waals surface area (Å²) in [4.78, 5) is 15.3. The van der Waals surface area contributed by atoms with Gasteiger partial charge < -0.3 is 19.5 Å². The number of nitrogens with zero attached hydrogens (tertiary/aromatic N) is 1. The fourth-order valence-electron chi connectivity index (χ4n) is 4.49. The van der Waals surface area contributed by atoms with Crippen LogP contribution in [0, 0.1) is 11.7 Å². The topological polar surface area (TPSA) is 61.8 Å². The summed E-state index contributed by atoms with van der Waals surface area (Å²) in [5.41, 5.74) is 2.64. The summed E-state index contributed by atoms with van der Waals surface area (Å²) in [5.74, 6) is 0.206. The van der Waals surface area contributed by atoms with Gasteiger partial charge in [0.1, 0.15) is 17.1 Å². The van der Waals surface area contributed by atoms with Crippen LogP contribution in [0.4, 0.5) is 10.1 Å². The molecule has 5 nitrogen and oxygen atoms in total. The Hall–Kier alpha value is -2.25. The predicted octanol–water partition coefficient (Wildman–Crippen LogP) is 5.80. The van der Waals surface area contributed by atoms with Crippen molar-refractivity contribution in [2.24, 2.45) is 5.92 Å². The Morgan fingerprint density at radius 2 is 2.06 bits per heavy atom. The van der Waals surface area contributed by atoms with Gasteiger partial charge in [-0.25, -0.2) is 9.18 Å². The number of carbonyl (C=O) groups is 1. The van der Waals surface area contributed by atoms with E-state index >= 15 is 0 Å². The molecule has 2 aromatic rings. The lowest BCUT2D eigenvalue weighted by molar-refractivity contribution is 0.0692. The van der Waals surface area contributed by atoms with E-state index in [0.717, 1.165) is 61.3 Å². The minimum absolute atomic E-state index is 0.184. The van der Waals surface area contributed by atoms with Crippen molar-refractivity contribution in [2.45, 2.75) is 50.3 Å². The van der Waals surface area contributed by atoms with Crippen molar-refractivity contribution in [2.75, 3.05) is 31.0 Å². The first-order valence-electron chi connectivity index (χ1n) is 11.5. The lowest BCUT2D eigenvalue weighted by atomic mass is 10.0. The Kier molecular flexibility index (Phi) is 7.26. The standard InChI is InChI=1S/C25H31FN2O3S/c1-3-28(4-2)12-6-5-7-16-13-18(26)8-11-22(16)32-27-21-10-9-19-20-14-17(20)15-31-24(19)23(21)25(29)30/h8-11,13,17,20,27H,3-7,12,14-15H2,1-2H3,(H,29,30). The SMILES string of the molecule is CCN(CC)CCCCc1cc(F)ccc1SNc1ccc2c(c1C(=O)O)OCC1CC21. The predicted molar refractivity (Wildman–Crippen MR) is 126 cm³/mol. The van der Waals surface area contributed by atoms with E-state index in [1.807, 2.05) is 12.1 Å². The Bertz CT molecular complexity index is 980. The quantitative estimate of drug-likeness (QED) is 0.328. The molecule has 0 amide bonds. The second-order valence-corrected chi connectivity index (χ2v) is 9.41. The molecule has 0 spiro atoms. The molecule has 1 saturated carbocycles. The molecule has 1 aliphatic heterocycles. The van der Waals surface area contributed by atoms with E-state index in [0.29, 0.717) is 29.9 Å². The van der Waals surface area contributed by atoms with Crippen molar-refractivity contribution in [1.29, 1.82) is 0 Å². The third kappa shape index (κ3) is 5.04. The van der Waals surface area contributed by atoms with Crippen LogP contribution in [-0.2, 0) is 6.42 Å². The highest BCUT2D eigenvalue weighted by atomic mass is 32.2. The molecule has 32 heavy (non-hydrogen) atoms. The summed E-state index contributed by atoms with van der Waals surface area (Å²) in [6.07, 6.45) is 3.89. The molecule has 4 rings (SSSR count). The number of rotatable bonds is 11. The average molecular weight is 459 g/mol. The van der Waals surface area contributed by atoms with Gasteiger partial charge in [-0.3, -0.25) is 0 Å². The molecular weight excluding hydrogens is 427 g/mol. The van der Waals surface area contributed by atoms with Crippen LogP contribution >= 0.6 is 11.9 Å². The van der Waals surface area contributed by atoms with Gasteiger partial charge in [0.15, 0.2) is 0 Å². The second kappa shape index (κ2) is 10.1. The second-order valence-electron chi connectivity index (χ2n) is 8.57. The first-order chi connectivity index (χ1) is 15.5. The molecule has 2 atom stereocenters. The summed E-state index contributed by atoms with van der Waals surface area (Å²) in [7, 11) is 0. The molecule has 7 heteroatoms. The van der Waals surface area contributed by atoms with Gasteiger partial charge in [-0.15, -0.1) is 0 Å². The zero-order valence-electron chi connectivity index (χ0n) is 18.7. The van der Waals surface area contributed by atoms with Gasteiger partial charge in [-0.1, -0.05) is 19.9 Å². The number of benzene rings is 2. The van der Waals surface area contributed by atoms with Gasteiger partial charge in [-0.2, -0.15) is 0 Å². The number of aryl methyl sites for hydroxylation is 1. The van der Waals surface area contributed by atoms with Crippen LogP contribution in [0.25, 0.3) is 0 Å². The lowest BCUT2D eigenvalue weighted by Crippen LogP contribution is -2.23. The summed E-state index contributed by atoms with van der Waals surface area (Å²) in [5, 5.41) is 9.86. The molecule has 2 aliphatic rings. The Morgan fingerprint density at radius 3 is 2.81 bits per heavy atom. The largest absolute Gasteiger partial charge is 0.492 e. The van der Waals surface area contributed by atoms with E-state index in [-0.39, 0.29) is 11.4 Å².